The van der Waals surface area contributed by atoms with E-state index in [9.17, 15) is 13.2 Å². The Morgan fingerprint density at radius 3 is 2.21 bits per heavy atom. The van der Waals surface area contributed by atoms with Crippen LogP contribution < -0.4 is 14.8 Å². The van der Waals surface area contributed by atoms with E-state index in [2.05, 4.69) is 10.0 Å². The van der Waals surface area contributed by atoms with E-state index in [0.717, 1.165) is 22.4 Å². The zero-order valence-corrected chi connectivity index (χ0v) is 19.8. The van der Waals surface area contributed by atoms with E-state index in [4.69, 9.17) is 4.74 Å². The lowest BCUT2D eigenvalue weighted by Gasteiger charge is -2.17. The lowest BCUT2D eigenvalue weighted by Crippen LogP contribution is -2.27. The van der Waals surface area contributed by atoms with Gasteiger partial charge in [-0.05, 0) is 49.1 Å². The van der Waals surface area contributed by atoms with Gasteiger partial charge in [0.25, 0.3) is 0 Å². The largest absolute Gasteiger partial charge is 0.496 e. The molecule has 0 aliphatic carbocycles. The van der Waals surface area contributed by atoms with Gasteiger partial charge in [0.1, 0.15) is 5.75 Å². The quantitative estimate of drug-likeness (QED) is 0.447. The van der Waals surface area contributed by atoms with Crippen molar-refractivity contribution in [3.63, 3.8) is 0 Å². The van der Waals surface area contributed by atoms with Crippen LogP contribution in [-0.4, -0.2) is 28.0 Å². The number of benzene rings is 3. The van der Waals surface area contributed by atoms with Gasteiger partial charge in [0.15, 0.2) is 0 Å². The maximum absolute atomic E-state index is 12.5. The first-order valence-corrected chi connectivity index (χ1v) is 12.4. The average Bonchev–Trinajstić information content (AvgIpc) is 2.83. The average molecular weight is 467 g/mol. The highest BCUT2D eigenvalue weighted by atomic mass is 32.2. The van der Waals surface area contributed by atoms with Crippen molar-refractivity contribution >= 4 is 15.9 Å². The van der Waals surface area contributed by atoms with E-state index in [0.29, 0.717) is 25.8 Å². The normalized spacial score (nSPS) is 12.2. The first-order chi connectivity index (χ1) is 15.9. The third-order valence-corrected chi connectivity index (χ3v) is 6.88. The van der Waals surface area contributed by atoms with Crippen LogP contribution in [0, 0.1) is 0 Å². The molecule has 0 saturated heterocycles. The van der Waals surface area contributed by atoms with Gasteiger partial charge in [-0.15, -0.1) is 0 Å². The van der Waals surface area contributed by atoms with Gasteiger partial charge in [0, 0.05) is 18.5 Å². The maximum Gasteiger partial charge on any atom is 0.240 e. The van der Waals surface area contributed by atoms with Crippen molar-refractivity contribution < 1.29 is 17.9 Å². The van der Waals surface area contributed by atoms with Crippen LogP contribution in [0.15, 0.2) is 83.8 Å². The number of methoxy groups -OCH3 is 1. The van der Waals surface area contributed by atoms with Crippen LogP contribution in [0.3, 0.4) is 0 Å². The molecule has 33 heavy (non-hydrogen) atoms. The monoisotopic (exact) mass is 466 g/mol. The molecule has 7 heteroatoms. The Balaban J connectivity index is 1.49. The maximum atomic E-state index is 12.5. The Morgan fingerprint density at radius 1 is 0.879 bits per heavy atom. The van der Waals surface area contributed by atoms with E-state index >= 15 is 0 Å². The number of hydrogen-bond donors (Lipinski definition) is 2. The second-order valence-electron chi connectivity index (χ2n) is 7.81. The number of ether oxygens (including phenoxy) is 1. The third-order valence-electron chi connectivity index (χ3n) is 5.41. The number of nitrogens with one attached hydrogen (secondary N) is 2. The van der Waals surface area contributed by atoms with E-state index in [1.165, 1.54) is 0 Å². The van der Waals surface area contributed by atoms with Gasteiger partial charge in [-0.3, -0.25) is 4.79 Å². The fraction of sp³-hybridized carbons (Fsp3) is 0.269. The van der Waals surface area contributed by atoms with Crippen molar-refractivity contribution in [1.82, 2.24) is 10.0 Å². The van der Waals surface area contributed by atoms with Gasteiger partial charge < -0.3 is 10.1 Å². The van der Waals surface area contributed by atoms with E-state index < -0.39 is 10.0 Å². The van der Waals surface area contributed by atoms with Crippen LogP contribution in [-0.2, 0) is 27.7 Å². The molecular weight excluding hydrogens is 436 g/mol. The van der Waals surface area contributed by atoms with Crippen LogP contribution >= 0.6 is 0 Å². The molecular formula is C26H30N2O4S. The molecule has 0 aliphatic heterocycles. The van der Waals surface area contributed by atoms with E-state index in [1.807, 2.05) is 61.5 Å². The molecule has 0 bridgehead atoms. The Morgan fingerprint density at radius 2 is 1.52 bits per heavy atom. The van der Waals surface area contributed by atoms with Crippen LogP contribution in [0.2, 0.25) is 0 Å². The van der Waals surface area contributed by atoms with E-state index in [1.54, 1.807) is 31.4 Å². The molecule has 174 valence electrons. The predicted octanol–water partition coefficient (Wildman–Crippen LogP) is 4.03. The molecule has 2 N–H and O–H groups in total. The molecule has 0 spiro atoms. The van der Waals surface area contributed by atoms with Gasteiger partial charge >= 0.3 is 0 Å². The Kier molecular flexibility index (Phi) is 8.63. The molecule has 3 aromatic rings. The SMILES string of the molecule is COc1ccccc1C(C)NC(=O)CCc1ccc(S(=O)(=O)NCCc2ccccc2)cc1. The molecule has 3 rings (SSSR count). The summed E-state index contributed by atoms with van der Waals surface area (Å²) in [5.41, 5.74) is 2.90. The van der Waals surface area contributed by atoms with Crippen molar-refractivity contribution in [2.24, 2.45) is 0 Å². The molecule has 0 heterocycles. The third kappa shape index (κ3) is 7.17. The van der Waals surface area contributed by atoms with Gasteiger partial charge in [0.05, 0.1) is 18.0 Å². The molecule has 0 aliphatic rings. The summed E-state index contributed by atoms with van der Waals surface area (Å²) in [6.07, 6.45) is 1.45. The summed E-state index contributed by atoms with van der Waals surface area (Å²) in [4.78, 5) is 12.6. The van der Waals surface area contributed by atoms with Gasteiger partial charge in [-0.1, -0.05) is 60.7 Å². The summed E-state index contributed by atoms with van der Waals surface area (Å²) in [6, 6.07) is 23.8. The van der Waals surface area contributed by atoms with Crippen molar-refractivity contribution in [2.75, 3.05) is 13.7 Å². The minimum absolute atomic E-state index is 0.0762. The van der Waals surface area contributed by atoms with Crippen LogP contribution in [0.5, 0.6) is 5.75 Å². The summed E-state index contributed by atoms with van der Waals surface area (Å²) < 4.78 is 33.0. The fourth-order valence-corrected chi connectivity index (χ4v) is 4.60. The van der Waals surface area contributed by atoms with Gasteiger partial charge in [0.2, 0.25) is 15.9 Å². The fourth-order valence-electron chi connectivity index (χ4n) is 3.57. The number of aryl methyl sites for hydroxylation is 1. The van der Waals surface area contributed by atoms with Crippen molar-refractivity contribution in [2.45, 2.75) is 37.1 Å². The van der Waals surface area contributed by atoms with Crippen molar-refractivity contribution in [3.05, 3.63) is 95.6 Å². The number of hydrogen-bond acceptors (Lipinski definition) is 4. The predicted molar refractivity (Wildman–Crippen MR) is 130 cm³/mol. The molecule has 3 aromatic carbocycles. The molecule has 1 amide bonds. The topological polar surface area (TPSA) is 84.5 Å². The summed E-state index contributed by atoms with van der Waals surface area (Å²) >= 11 is 0. The second-order valence-corrected chi connectivity index (χ2v) is 9.58. The molecule has 0 fully saturated rings. The molecule has 1 atom stereocenters. The highest BCUT2D eigenvalue weighted by molar-refractivity contribution is 7.89. The second kappa shape index (κ2) is 11.6. The van der Waals surface area contributed by atoms with E-state index in [-0.39, 0.29) is 16.8 Å². The number of amides is 1. The Labute approximate surface area is 196 Å². The standard InChI is InChI=1S/C26H30N2O4S/c1-20(24-10-6-7-11-25(24)32-2)28-26(29)17-14-22-12-15-23(16-13-22)33(30,31)27-19-18-21-8-4-3-5-9-21/h3-13,15-16,20,27H,14,17-19H2,1-2H3,(H,28,29). The number of sulfonamides is 1. The molecule has 1 unspecified atom stereocenters. The number of para-hydroxylation sites is 1. The number of carbonyl (C=O) groups excluding carboxylic acids is 1. The number of carbonyl (C=O) groups is 1. The van der Waals surface area contributed by atoms with Gasteiger partial charge in [-0.25, -0.2) is 13.1 Å². The summed E-state index contributed by atoms with van der Waals surface area (Å²) in [6.45, 7) is 2.25. The first-order valence-electron chi connectivity index (χ1n) is 10.9. The molecule has 0 saturated carbocycles. The summed E-state index contributed by atoms with van der Waals surface area (Å²) in [5, 5.41) is 2.99. The number of rotatable bonds is 11. The zero-order valence-electron chi connectivity index (χ0n) is 19.0. The molecule has 0 aromatic heterocycles. The summed E-state index contributed by atoms with van der Waals surface area (Å²) in [5.74, 6) is 0.659. The molecule has 6 nitrogen and oxygen atoms in total. The summed E-state index contributed by atoms with van der Waals surface area (Å²) in [7, 11) is -1.97. The molecule has 0 radical (unpaired) electrons. The minimum Gasteiger partial charge on any atom is -0.496 e. The Bertz CT molecular complexity index is 1150. The van der Waals surface area contributed by atoms with Gasteiger partial charge in [-0.2, -0.15) is 0 Å². The zero-order chi connectivity index (χ0) is 23.7. The smallest absolute Gasteiger partial charge is 0.240 e. The first kappa shape index (κ1) is 24.5. The Hall–Kier alpha value is -3.16. The lowest BCUT2D eigenvalue weighted by molar-refractivity contribution is -0.121. The van der Waals surface area contributed by atoms with Crippen molar-refractivity contribution in [1.29, 1.82) is 0 Å². The highest BCUT2D eigenvalue weighted by Crippen LogP contribution is 2.24. The van der Waals surface area contributed by atoms with Crippen LogP contribution in [0.25, 0.3) is 0 Å². The highest BCUT2D eigenvalue weighted by Gasteiger charge is 2.15. The van der Waals surface area contributed by atoms with Crippen molar-refractivity contribution in [3.8, 4) is 5.75 Å². The van der Waals surface area contributed by atoms with Crippen LogP contribution in [0.4, 0.5) is 0 Å². The van der Waals surface area contributed by atoms with Crippen LogP contribution in [0.1, 0.15) is 36.1 Å². The minimum atomic E-state index is -3.57. The lowest BCUT2D eigenvalue weighted by atomic mass is 10.1.